The Morgan fingerprint density at radius 2 is 1.85 bits per heavy atom. The van der Waals surface area contributed by atoms with Crippen LogP contribution in [0.5, 0.6) is 0 Å². The van der Waals surface area contributed by atoms with Gasteiger partial charge >= 0.3 is 11.9 Å². The zero-order valence-electron chi connectivity index (χ0n) is 15.0. The van der Waals surface area contributed by atoms with Gasteiger partial charge in [0, 0.05) is 11.1 Å². The predicted molar refractivity (Wildman–Crippen MR) is 105 cm³/mol. The highest BCUT2D eigenvalue weighted by Gasteiger charge is 2.26. The van der Waals surface area contributed by atoms with E-state index in [4.69, 9.17) is 21.1 Å². The Labute approximate surface area is 165 Å². The van der Waals surface area contributed by atoms with Gasteiger partial charge in [0.1, 0.15) is 9.88 Å². The standard InChI is InChI=1S/C19H18ClNO5S/c1-4-26-18(23)15-11(2)16(19(24)25-3)27-17(15)21-14(22)10-7-12-5-8-13(20)9-6-12/h5-10H,4H2,1-3H3,(H,21,22)/b10-7+. The number of halogens is 1. The number of hydrogen-bond donors (Lipinski definition) is 1. The Morgan fingerprint density at radius 3 is 2.44 bits per heavy atom. The van der Waals surface area contributed by atoms with Crippen molar-refractivity contribution in [1.82, 2.24) is 0 Å². The summed E-state index contributed by atoms with van der Waals surface area (Å²) in [6.45, 7) is 3.45. The number of nitrogens with one attached hydrogen (secondary N) is 1. The summed E-state index contributed by atoms with van der Waals surface area (Å²) in [4.78, 5) is 36.7. The minimum absolute atomic E-state index is 0.149. The number of anilines is 1. The van der Waals surface area contributed by atoms with Crippen molar-refractivity contribution in [2.24, 2.45) is 0 Å². The molecule has 1 amide bonds. The molecule has 0 spiro atoms. The maximum atomic E-state index is 12.3. The number of benzene rings is 1. The van der Waals surface area contributed by atoms with E-state index in [0.29, 0.717) is 10.6 Å². The molecule has 0 aliphatic carbocycles. The molecule has 0 fully saturated rings. The molecule has 2 rings (SSSR count). The lowest BCUT2D eigenvalue weighted by molar-refractivity contribution is -0.111. The normalized spacial score (nSPS) is 10.7. The van der Waals surface area contributed by atoms with Crippen molar-refractivity contribution < 1.29 is 23.9 Å². The predicted octanol–water partition coefficient (Wildman–Crippen LogP) is 4.33. The number of ether oxygens (including phenoxy) is 2. The third-order valence-electron chi connectivity index (χ3n) is 3.53. The zero-order chi connectivity index (χ0) is 20.0. The molecular weight excluding hydrogens is 390 g/mol. The minimum atomic E-state index is -0.613. The van der Waals surface area contributed by atoms with E-state index in [-0.39, 0.29) is 22.0 Å². The van der Waals surface area contributed by atoms with Crippen LogP contribution in [0.4, 0.5) is 5.00 Å². The maximum Gasteiger partial charge on any atom is 0.348 e. The van der Waals surface area contributed by atoms with Crippen LogP contribution in [0.1, 0.15) is 38.1 Å². The number of amides is 1. The van der Waals surface area contributed by atoms with Crippen LogP contribution in [0.15, 0.2) is 30.3 Å². The molecule has 6 nitrogen and oxygen atoms in total. The molecule has 0 atom stereocenters. The van der Waals surface area contributed by atoms with E-state index in [1.165, 1.54) is 13.2 Å². The van der Waals surface area contributed by atoms with Gasteiger partial charge in [-0.1, -0.05) is 23.7 Å². The van der Waals surface area contributed by atoms with Gasteiger partial charge in [0.25, 0.3) is 0 Å². The molecule has 0 aliphatic heterocycles. The first-order valence-corrected chi connectivity index (χ1v) is 9.20. The van der Waals surface area contributed by atoms with Crippen molar-refractivity contribution in [3.8, 4) is 0 Å². The SMILES string of the molecule is CCOC(=O)c1c(NC(=O)/C=C/c2ccc(Cl)cc2)sc(C(=O)OC)c1C. The number of hydrogen-bond acceptors (Lipinski definition) is 6. The average Bonchev–Trinajstić information content (AvgIpc) is 2.96. The number of thiophene rings is 1. The van der Waals surface area contributed by atoms with Crippen LogP contribution in [-0.2, 0) is 14.3 Å². The van der Waals surface area contributed by atoms with Crippen LogP contribution in [0.25, 0.3) is 6.08 Å². The first-order valence-electron chi connectivity index (χ1n) is 8.00. The summed E-state index contributed by atoms with van der Waals surface area (Å²) in [5, 5.41) is 3.46. The van der Waals surface area contributed by atoms with Gasteiger partial charge in [-0.3, -0.25) is 4.79 Å². The molecule has 2 aromatic rings. The van der Waals surface area contributed by atoms with Crippen LogP contribution in [0.3, 0.4) is 0 Å². The second kappa shape index (κ2) is 9.34. The molecule has 142 valence electrons. The Bertz CT molecular complexity index is 886. The van der Waals surface area contributed by atoms with Gasteiger partial charge in [-0.05, 0) is 43.2 Å². The molecular formula is C19H18ClNO5S. The van der Waals surface area contributed by atoms with E-state index in [1.807, 2.05) is 0 Å². The van der Waals surface area contributed by atoms with Crippen molar-refractivity contribution in [1.29, 1.82) is 0 Å². The van der Waals surface area contributed by atoms with Crippen LogP contribution in [0, 0.1) is 6.92 Å². The van der Waals surface area contributed by atoms with E-state index in [0.717, 1.165) is 16.9 Å². The first kappa shape index (κ1) is 20.7. The van der Waals surface area contributed by atoms with Gasteiger partial charge in [-0.25, -0.2) is 9.59 Å². The van der Waals surface area contributed by atoms with E-state index in [1.54, 1.807) is 44.2 Å². The average molecular weight is 408 g/mol. The topological polar surface area (TPSA) is 81.7 Å². The number of carbonyl (C=O) groups excluding carboxylic acids is 3. The fraction of sp³-hybridized carbons (Fsp3) is 0.211. The largest absolute Gasteiger partial charge is 0.465 e. The second-order valence-electron chi connectivity index (χ2n) is 5.35. The van der Waals surface area contributed by atoms with Crippen molar-refractivity contribution in [2.75, 3.05) is 19.0 Å². The van der Waals surface area contributed by atoms with Gasteiger partial charge in [0.15, 0.2) is 0 Å². The van der Waals surface area contributed by atoms with Gasteiger partial charge in [0.2, 0.25) is 5.91 Å². The second-order valence-corrected chi connectivity index (χ2v) is 6.80. The smallest absolute Gasteiger partial charge is 0.348 e. The first-order chi connectivity index (χ1) is 12.9. The highest BCUT2D eigenvalue weighted by Crippen LogP contribution is 2.34. The molecule has 27 heavy (non-hydrogen) atoms. The summed E-state index contributed by atoms with van der Waals surface area (Å²) in [7, 11) is 1.25. The van der Waals surface area contributed by atoms with E-state index in [9.17, 15) is 14.4 Å². The Hall–Kier alpha value is -2.64. The van der Waals surface area contributed by atoms with Crippen molar-refractivity contribution in [3.05, 3.63) is 56.9 Å². The van der Waals surface area contributed by atoms with E-state index < -0.39 is 17.8 Å². The molecule has 0 aliphatic rings. The maximum absolute atomic E-state index is 12.3. The van der Waals surface area contributed by atoms with Crippen LogP contribution >= 0.6 is 22.9 Å². The molecule has 0 radical (unpaired) electrons. The van der Waals surface area contributed by atoms with Crippen LogP contribution in [0.2, 0.25) is 5.02 Å². The third-order valence-corrected chi connectivity index (χ3v) is 4.97. The summed E-state index contributed by atoms with van der Waals surface area (Å²) in [6, 6.07) is 6.95. The third kappa shape index (κ3) is 5.18. The molecule has 0 unspecified atom stereocenters. The fourth-order valence-electron chi connectivity index (χ4n) is 2.24. The lowest BCUT2D eigenvalue weighted by Crippen LogP contribution is -2.12. The minimum Gasteiger partial charge on any atom is -0.465 e. The molecule has 0 bridgehead atoms. The van der Waals surface area contributed by atoms with Crippen molar-refractivity contribution in [3.63, 3.8) is 0 Å². The summed E-state index contributed by atoms with van der Waals surface area (Å²) >= 11 is 6.79. The number of esters is 2. The summed E-state index contributed by atoms with van der Waals surface area (Å²) in [5.41, 5.74) is 1.34. The highest BCUT2D eigenvalue weighted by molar-refractivity contribution is 7.18. The van der Waals surface area contributed by atoms with Crippen molar-refractivity contribution in [2.45, 2.75) is 13.8 Å². The molecule has 8 heteroatoms. The zero-order valence-corrected chi connectivity index (χ0v) is 16.6. The van der Waals surface area contributed by atoms with Crippen LogP contribution < -0.4 is 5.32 Å². The molecule has 1 aromatic carbocycles. The highest BCUT2D eigenvalue weighted by atomic mass is 35.5. The number of rotatable bonds is 6. The van der Waals surface area contributed by atoms with Crippen molar-refractivity contribution >= 4 is 51.9 Å². The molecule has 1 heterocycles. The van der Waals surface area contributed by atoms with Gasteiger partial charge in [-0.2, -0.15) is 0 Å². The van der Waals surface area contributed by atoms with Crippen LogP contribution in [-0.4, -0.2) is 31.6 Å². The van der Waals surface area contributed by atoms with E-state index in [2.05, 4.69) is 5.32 Å². The van der Waals surface area contributed by atoms with Gasteiger partial charge in [-0.15, -0.1) is 11.3 Å². The van der Waals surface area contributed by atoms with Gasteiger partial charge in [0.05, 0.1) is 19.3 Å². The summed E-state index contributed by atoms with van der Waals surface area (Å²) in [5.74, 6) is -1.65. The molecule has 0 saturated heterocycles. The number of carbonyl (C=O) groups is 3. The quantitative estimate of drug-likeness (QED) is 0.569. The molecule has 1 aromatic heterocycles. The number of methoxy groups -OCH3 is 1. The Kier molecular flexibility index (Phi) is 7.15. The Balaban J connectivity index is 2.27. The monoisotopic (exact) mass is 407 g/mol. The summed E-state index contributed by atoms with van der Waals surface area (Å²) < 4.78 is 9.76. The van der Waals surface area contributed by atoms with E-state index >= 15 is 0 Å². The summed E-state index contributed by atoms with van der Waals surface area (Å²) in [6.07, 6.45) is 2.93. The Morgan fingerprint density at radius 1 is 1.19 bits per heavy atom. The lowest BCUT2D eigenvalue weighted by Gasteiger charge is -2.05. The lowest BCUT2D eigenvalue weighted by atomic mass is 10.1. The fourth-order valence-corrected chi connectivity index (χ4v) is 3.48. The molecule has 1 N–H and O–H groups in total. The molecule has 0 saturated carbocycles. The van der Waals surface area contributed by atoms with Gasteiger partial charge < -0.3 is 14.8 Å².